The molecule has 1 N–H and O–H groups in total. The van der Waals surface area contributed by atoms with Crippen LogP contribution in [0.3, 0.4) is 0 Å². The molecule has 106 valence electrons. The Kier molecular flexibility index (Phi) is 3.01. The summed E-state index contributed by atoms with van der Waals surface area (Å²) in [4.78, 5) is 3.97. The van der Waals surface area contributed by atoms with Crippen molar-refractivity contribution in [2.45, 2.75) is 0 Å². The van der Waals surface area contributed by atoms with Crippen molar-refractivity contribution in [3.8, 4) is 11.5 Å². The largest absolute Gasteiger partial charge is 0.403 e. The molecule has 5 nitrogen and oxygen atoms in total. The zero-order valence-corrected chi connectivity index (χ0v) is 11.6. The number of aromatic nitrogens is 3. The van der Waals surface area contributed by atoms with Crippen molar-refractivity contribution in [1.29, 1.82) is 0 Å². The molecular weight excluding hydrogens is 276 g/mol. The third kappa shape index (κ3) is 2.29. The minimum Gasteiger partial charge on any atom is -0.403 e. The molecule has 4 rings (SSSR count). The summed E-state index contributed by atoms with van der Waals surface area (Å²) in [6.07, 6.45) is 3.38. The summed E-state index contributed by atoms with van der Waals surface area (Å²) in [6.45, 7) is 0. The molecule has 0 saturated carbocycles. The highest BCUT2D eigenvalue weighted by Gasteiger charge is 2.09. The van der Waals surface area contributed by atoms with Gasteiger partial charge in [-0.1, -0.05) is 41.5 Å². The average molecular weight is 288 g/mol. The predicted octanol–water partition coefficient (Wildman–Crippen LogP) is 4.03. The monoisotopic (exact) mass is 288 g/mol. The Balaban J connectivity index is 1.68. The van der Waals surface area contributed by atoms with E-state index in [0.717, 1.165) is 22.0 Å². The van der Waals surface area contributed by atoms with E-state index in [0.29, 0.717) is 11.9 Å². The van der Waals surface area contributed by atoms with Gasteiger partial charge in [0, 0.05) is 23.3 Å². The molecule has 0 unspecified atom stereocenters. The van der Waals surface area contributed by atoms with Crippen LogP contribution in [0.4, 0.5) is 11.7 Å². The fourth-order valence-corrected chi connectivity index (χ4v) is 2.33. The van der Waals surface area contributed by atoms with Crippen molar-refractivity contribution in [2.24, 2.45) is 0 Å². The minimum absolute atomic E-state index is 0.364. The van der Waals surface area contributed by atoms with Crippen molar-refractivity contribution >= 4 is 22.5 Å². The quantitative estimate of drug-likeness (QED) is 0.616. The van der Waals surface area contributed by atoms with E-state index in [-0.39, 0.29) is 0 Å². The van der Waals surface area contributed by atoms with E-state index in [1.54, 1.807) is 12.4 Å². The van der Waals surface area contributed by atoms with Crippen molar-refractivity contribution in [3.63, 3.8) is 0 Å². The highest BCUT2D eigenvalue weighted by molar-refractivity contribution is 5.94. The zero-order valence-electron chi connectivity index (χ0n) is 11.6. The number of fused-ring (bicyclic) bond motifs is 1. The third-order valence-electron chi connectivity index (χ3n) is 3.38. The van der Waals surface area contributed by atoms with Gasteiger partial charge in [0.1, 0.15) is 0 Å². The van der Waals surface area contributed by atoms with Gasteiger partial charge < -0.3 is 9.73 Å². The summed E-state index contributed by atoms with van der Waals surface area (Å²) in [5, 5.41) is 13.5. The van der Waals surface area contributed by atoms with Crippen molar-refractivity contribution < 1.29 is 4.42 Å². The smallest absolute Gasteiger partial charge is 0.320 e. The normalized spacial score (nSPS) is 10.7. The van der Waals surface area contributed by atoms with Crippen molar-refractivity contribution in [2.75, 3.05) is 5.32 Å². The Bertz CT molecular complexity index is 913. The van der Waals surface area contributed by atoms with Gasteiger partial charge >= 0.3 is 6.01 Å². The van der Waals surface area contributed by atoms with Crippen LogP contribution in [0.1, 0.15) is 0 Å². The van der Waals surface area contributed by atoms with E-state index in [4.69, 9.17) is 4.42 Å². The van der Waals surface area contributed by atoms with E-state index in [9.17, 15) is 0 Å². The Hall–Kier alpha value is -3.21. The van der Waals surface area contributed by atoms with Crippen LogP contribution in [0, 0.1) is 0 Å². The van der Waals surface area contributed by atoms with Gasteiger partial charge in [-0.2, -0.15) is 0 Å². The number of nitrogens with one attached hydrogen (secondary N) is 1. The van der Waals surface area contributed by atoms with Gasteiger partial charge in [0.25, 0.3) is 0 Å². The van der Waals surface area contributed by atoms with Crippen LogP contribution in [0.15, 0.2) is 71.4 Å². The lowest BCUT2D eigenvalue weighted by atomic mass is 10.1. The molecule has 0 radical (unpaired) electrons. The van der Waals surface area contributed by atoms with Gasteiger partial charge in [-0.05, 0) is 23.6 Å². The van der Waals surface area contributed by atoms with E-state index in [2.05, 4.69) is 38.7 Å². The standard InChI is InChI=1S/C17H12N4O/c1-2-6-14-12(4-1)5-3-7-15(14)19-17-21-20-16(22-17)13-8-10-18-11-9-13/h1-11H,(H,19,21). The minimum atomic E-state index is 0.364. The number of anilines is 2. The lowest BCUT2D eigenvalue weighted by molar-refractivity contribution is 0.587. The maximum Gasteiger partial charge on any atom is 0.320 e. The number of nitrogens with zero attached hydrogens (tertiary/aromatic N) is 3. The van der Waals surface area contributed by atoms with Crippen LogP contribution in [-0.2, 0) is 0 Å². The first-order valence-corrected chi connectivity index (χ1v) is 6.89. The molecule has 0 aliphatic heterocycles. The van der Waals surface area contributed by atoms with Gasteiger partial charge in [0.2, 0.25) is 5.89 Å². The molecule has 5 heteroatoms. The Morgan fingerprint density at radius 1 is 0.818 bits per heavy atom. The first kappa shape index (κ1) is 12.5. The molecule has 2 aromatic carbocycles. The molecule has 2 heterocycles. The zero-order chi connectivity index (χ0) is 14.8. The molecule has 0 aliphatic carbocycles. The Morgan fingerprint density at radius 2 is 1.64 bits per heavy atom. The lowest BCUT2D eigenvalue weighted by Crippen LogP contribution is -1.91. The van der Waals surface area contributed by atoms with Gasteiger partial charge in [0.15, 0.2) is 0 Å². The van der Waals surface area contributed by atoms with Crippen LogP contribution in [0.25, 0.3) is 22.2 Å². The molecule has 0 spiro atoms. The number of hydrogen-bond donors (Lipinski definition) is 1. The van der Waals surface area contributed by atoms with Crippen LogP contribution >= 0.6 is 0 Å². The highest BCUT2D eigenvalue weighted by Crippen LogP contribution is 2.27. The summed E-state index contributed by atoms with van der Waals surface area (Å²) in [5.41, 5.74) is 1.77. The summed E-state index contributed by atoms with van der Waals surface area (Å²) < 4.78 is 5.66. The predicted molar refractivity (Wildman–Crippen MR) is 84.8 cm³/mol. The topological polar surface area (TPSA) is 63.8 Å². The second-order valence-corrected chi connectivity index (χ2v) is 4.80. The second-order valence-electron chi connectivity index (χ2n) is 4.80. The molecule has 0 atom stereocenters. The van der Waals surface area contributed by atoms with E-state index < -0.39 is 0 Å². The van der Waals surface area contributed by atoms with E-state index in [1.165, 1.54) is 0 Å². The molecular formula is C17H12N4O. The second kappa shape index (κ2) is 5.29. The molecule has 4 aromatic rings. The Morgan fingerprint density at radius 3 is 2.55 bits per heavy atom. The number of hydrogen-bond acceptors (Lipinski definition) is 5. The number of benzene rings is 2. The first-order chi connectivity index (χ1) is 10.9. The third-order valence-corrected chi connectivity index (χ3v) is 3.38. The first-order valence-electron chi connectivity index (χ1n) is 6.89. The molecule has 0 amide bonds. The summed E-state index contributed by atoms with van der Waals surface area (Å²) in [6, 6.07) is 18.2. The summed E-state index contributed by atoms with van der Waals surface area (Å²) in [5.74, 6) is 0.463. The van der Waals surface area contributed by atoms with Gasteiger partial charge in [-0.15, -0.1) is 5.10 Å². The van der Waals surface area contributed by atoms with E-state index >= 15 is 0 Å². The number of rotatable bonds is 3. The summed E-state index contributed by atoms with van der Waals surface area (Å²) >= 11 is 0. The maximum absolute atomic E-state index is 5.66. The van der Waals surface area contributed by atoms with Crippen LogP contribution in [-0.4, -0.2) is 15.2 Å². The molecule has 2 aromatic heterocycles. The van der Waals surface area contributed by atoms with Gasteiger partial charge in [0.05, 0.1) is 5.69 Å². The molecule has 0 aliphatic rings. The van der Waals surface area contributed by atoms with Crippen molar-refractivity contribution in [3.05, 3.63) is 67.0 Å². The van der Waals surface area contributed by atoms with Crippen LogP contribution < -0.4 is 5.32 Å². The fourth-order valence-electron chi connectivity index (χ4n) is 2.33. The fraction of sp³-hybridized carbons (Fsp3) is 0. The summed E-state index contributed by atoms with van der Waals surface area (Å²) in [7, 11) is 0. The van der Waals surface area contributed by atoms with E-state index in [1.807, 2.05) is 36.4 Å². The molecule has 0 saturated heterocycles. The van der Waals surface area contributed by atoms with Crippen LogP contribution in [0.2, 0.25) is 0 Å². The Labute approximate surface area is 126 Å². The van der Waals surface area contributed by atoms with Crippen LogP contribution in [0.5, 0.6) is 0 Å². The maximum atomic E-state index is 5.66. The van der Waals surface area contributed by atoms with Gasteiger partial charge in [-0.3, -0.25) is 4.98 Å². The number of pyridine rings is 1. The molecule has 0 bridgehead atoms. The lowest BCUT2D eigenvalue weighted by Gasteiger charge is -2.05. The SMILES string of the molecule is c1ccc2c(Nc3nnc(-c4ccncc4)o3)cccc2c1. The van der Waals surface area contributed by atoms with Gasteiger partial charge in [-0.25, -0.2) is 0 Å². The molecule has 22 heavy (non-hydrogen) atoms. The average Bonchev–Trinajstić information content (AvgIpc) is 3.05. The molecule has 0 fully saturated rings. The van der Waals surface area contributed by atoms with Crippen molar-refractivity contribution in [1.82, 2.24) is 15.2 Å². The highest BCUT2D eigenvalue weighted by atomic mass is 16.4.